The third-order valence-corrected chi connectivity index (χ3v) is 6.72. The molecule has 2 aromatic rings. The van der Waals surface area contributed by atoms with Crippen LogP contribution in [0.4, 0.5) is 5.69 Å². The number of aromatic nitrogens is 1. The molecule has 4 heteroatoms. The lowest BCUT2D eigenvalue weighted by atomic mass is 9.77. The normalized spacial score (nSPS) is 26.5. The predicted molar refractivity (Wildman–Crippen MR) is 111 cm³/mol. The maximum atomic E-state index is 13.0. The fourth-order valence-electron chi connectivity index (χ4n) is 5.01. The van der Waals surface area contributed by atoms with Crippen molar-refractivity contribution >= 4 is 11.6 Å². The minimum atomic E-state index is 0.183. The van der Waals surface area contributed by atoms with Gasteiger partial charge in [0.2, 0.25) is 0 Å². The number of carbonyl (C=O) groups excluding carboxylic acids is 1. The summed E-state index contributed by atoms with van der Waals surface area (Å²) in [7, 11) is 0. The first-order valence-corrected chi connectivity index (χ1v) is 10.5. The van der Waals surface area contributed by atoms with Crippen molar-refractivity contribution in [1.29, 1.82) is 0 Å². The zero-order valence-corrected chi connectivity index (χ0v) is 16.3. The van der Waals surface area contributed by atoms with Crippen LogP contribution in [-0.4, -0.2) is 28.9 Å². The highest BCUT2D eigenvalue weighted by Crippen LogP contribution is 2.49. The fraction of sp³-hybridized carbons (Fsp3) is 0.417. The number of piperidine rings is 1. The Morgan fingerprint density at radius 2 is 2.07 bits per heavy atom. The Morgan fingerprint density at radius 3 is 2.86 bits per heavy atom. The van der Waals surface area contributed by atoms with E-state index in [1.54, 1.807) is 0 Å². The summed E-state index contributed by atoms with van der Waals surface area (Å²) in [6.45, 7) is 4.03. The Labute approximate surface area is 166 Å². The average molecular weight is 374 g/mol. The smallest absolute Gasteiger partial charge is 0.253 e. The van der Waals surface area contributed by atoms with Gasteiger partial charge in [-0.2, -0.15) is 0 Å². The number of anilines is 1. The molecule has 3 aliphatic rings. The van der Waals surface area contributed by atoms with Crippen molar-refractivity contribution in [3.8, 4) is 0 Å². The van der Waals surface area contributed by atoms with E-state index in [4.69, 9.17) is 0 Å². The maximum Gasteiger partial charge on any atom is 0.253 e. The van der Waals surface area contributed by atoms with Crippen LogP contribution in [-0.2, 0) is 0 Å². The summed E-state index contributed by atoms with van der Waals surface area (Å²) in [5, 5.41) is 3.73. The molecule has 1 N–H and O–H groups in total. The van der Waals surface area contributed by atoms with E-state index in [1.165, 1.54) is 11.1 Å². The van der Waals surface area contributed by atoms with Gasteiger partial charge in [0.1, 0.15) is 0 Å². The Hall–Kier alpha value is -2.62. The van der Waals surface area contributed by atoms with Crippen molar-refractivity contribution in [3.63, 3.8) is 0 Å². The summed E-state index contributed by atoms with van der Waals surface area (Å²) in [4.78, 5) is 19.4. The highest BCUT2D eigenvalue weighted by Gasteiger charge is 2.38. The van der Waals surface area contributed by atoms with E-state index in [2.05, 4.69) is 47.6 Å². The Kier molecular flexibility index (Phi) is 4.42. The third-order valence-electron chi connectivity index (χ3n) is 6.72. The lowest BCUT2D eigenvalue weighted by molar-refractivity contribution is 0.0697. The molecule has 144 valence electrons. The molecule has 2 aliphatic heterocycles. The number of rotatable bonds is 2. The van der Waals surface area contributed by atoms with Crippen molar-refractivity contribution < 1.29 is 4.79 Å². The molecular weight excluding hydrogens is 346 g/mol. The highest BCUT2D eigenvalue weighted by molar-refractivity contribution is 5.95. The highest BCUT2D eigenvalue weighted by atomic mass is 16.2. The zero-order chi connectivity index (χ0) is 19.1. The maximum absolute atomic E-state index is 13.0. The van der Waals surface area contributed by atoms with Crippen molar-refractivity contribution in [3.05, 3.63) is 71.6 Å². The molecule has 1 aliphatic carbocycles. The molecule has 5 rings (SSSR count). The Morgan fingerprint density at radius 1 is 1.21 bits per heavy atom. The van der Waals surface area contributed by atoms with Crippen LogP contribution >= 0.6 is 0 Å². The number of carbonyl (C=O) groups is 1. The number of amides is 1. The van der Waals surface area contributed by atoms with Gasteiger partial charge in [-0.05, 0) is 66.5 Å². The predicted octanol–water partition coefficient (Wildman–Crippen LogP) is 4.78. The van der Waals surface area contributed by atoms with Crippen molar-refractivity contribution in [1.82, 2.24) is 9.88 Å². The molecule has 0 radical (unpaired) electrons. The van der Waals surface area contributed by atoms with E-state index in [0.29, 0.717) is 11.8 Å². The molecule has 3 atom stereocenters. The van der Waals surface area contributed by atoms with Crippen LogP contribution in [0, 0.1) is 11.8 Å². The van der Waals surface area contributed by atoms with Gasteiger partial charge in [-0.1, -0.05) is 25.1 Å². The van der Waals surface area contributed by atoms with Crippen molar-refractivity contribution in [2.45, 2.75) is 38.1 Å². The number of hydrogen-bond acceptors (Lipinski definition) is 3. The van der Waals surface area contributed by atoms with Gasteiger partial charge in [0.15, 0.2) is 0 Å². The largest absolute Gasteiger partial charge is 0.378 e. The standard InChI is InChI=1S/C24H27N3O/c1-16-9-12-27(13-10-16)24(28)17-7-8-22-21(14-17)19-5-2-6-20(19)23(26-22)18-4-3-11-25-15-18/h2-5,7-8,11,14-16,19-20,23,26H,6,9-10,12-13H2,1H3. The van der Waals surface area contributed by atoms with Crippen molar-refractivity contribution in [2.24, 2.45) is 11.8 Å². The van der Waals surface area contributed by atoms with Gasteiger partial charge in [0.05, 0.1) is 6.04 Å². The Balaban J connectivity index is 1.44. The second-order valence-corrected chi connectivity index (χ2v) is 8.54. The second-order valence-electron chi connectivity index (χ2n) is 8.54. The van der Waals surface area contributed by atoms with Gasteiger partial charge in [-0.3, -0.25) is 9.78 Å². The molecule has 1 aromatic carbocycles. The number of nitrogens with zero attached hydrogens (tertiary/aromatic N) is 2. The van der Waals surface area contributed by atoms with Gasteiger partial charge in [-0.15, -0.1) is 0 Å². The second kappa shape index (κ2) is 7.08. The summed E-state index contributed by atoms with van der Waals surface area (Å²) in [6, 6.07) is 10.6. The average Bonchev–Trinajstić information content (AvgIpc) is 3.24. The number of allylic oxidation sites excluding steroid dienone is 2. The SMILES string of the molecule is CC1CCN(C(=O)c2ccc3c(c2)C2C=CCC2C(c2cccnc2)N3)CC1. The van der Waals surface area contributed by atoms with Crippen LogP contribution in [0.1, 0.15) is 59.6 Å². The molecule has 3 heterocycles. The third kappa shape index (κ3) is 3.01. The van der Waals surface area contributed by atoms with E-state index in [0.717, 1.165) is 49.5 Å². The Bertz CT molecular complexity index is 899. The number of hydrogen-bond donors (Lipinski definition) is 1. The molecule has 4 nitrogen and oxygen atoms in total. The van der Waals surface area contributed by atoms with E-state index < -0.39 is 0 Å². The van der Waals surface area contributed by atoms with E-state index in [1.807, 2.05) is 29.4 Å². The van der Waals surface area contributed by atoms with Crippen molar-refractivity contribution in [2.75, 3.05) is 18.4 Å². The molecular formula is C24H27N3O. The molecule has 1 aromatic heterocycles. The van der Waals surface area contributed by atoms with Gasteiger partial charge < -0.3 is 10.2 Å². The number of nitrogens with one attached hydrogen (secondary N) is 1. The fourth-order valence-corrected chi connectivity index (χ4v) is 5.01. The van der Waals surface area contributed by atoms with Gasteiger partial charge >= 0.3 is 0 Å². The molecule has 0 saturated carbocycles. The molecule has 3 unspecified atom stereocenters. The first-order valence-electron chi connectivity index (χ1n) is 10.5. The molecule has 0 bridgehead atoms. The summed E-state index contributed by atoms with van der Waals surface area (Å²) >= 11 is 0. The van der Waals surface area contributed by atoms with Gasteiger partial charge in [0, 0.05) is 42.7 Å². The van der Waals surface area contributed by atoms with Gasteiger partial charge in [0.25, 0.3) is 5.91 Å². The first kappa shape index (κ1) is 17.5. The van der Waals surface area contributed by atoms with Crippen LogP contribution in [0.3, 0.4) is 0 Å². The number of fused-ring (bicyclic) bond motifs is 3. The topological polar surface area (TPSA) is 45.2 Å². The number of benzene rings is 1. The minimum Gasteiger partial charge on any atom is -0.378 e. The monoisotopic (exact) mass is 373 g/mol. The summed E-state index contributed by atoms with van der Waals surface area (Å²) in [5.74, 6) is 1.74. The first-order chi connectivity index (χ1) is 13.7. The lowest BCUT2D eigenvalue weighted by Gasteiger charge is -2.38. The molecule has 1 amide bonds. The van der Waals surface area contributed by atoms with E-state index >= 15 is 0 Å². The summed E-state index contributed by atoms with van der Waals surface area (Å²) in [6.07, 6.45) is 11.7. The van der Waals surface area contributed by atoms with Crippen LogP contribution in [0.25, 0.3) is 0 Å². The van der Waals surface area contributed by atoms with E-state index in [9.17, 15) is 4.79 Å². The van der Waals surface area contributed by atoms with Crippen LogP contribution < -0.4 is 5.32 Å². The molecule has 1 saturated heterocycles. The molecule has 28 heavy (non-hydrogen) atoms. The number of likely N-dealkylation sites (tertiary alicyclic amines) is 1. The molecule has 0 spiro atoms. The zero-order valence-electron chi connectivity index (χ0n) is 16.3. The van der Waals surface area contributed by atoms with Crippen LogP contribution in [0.2, 0.25) is 0 Å². The quantitative estimate of drug-likeness (QED) is 0.771. The van der Waals surface area contributed by atoms with Crippen LogP contribution in [0.5, 0.6) is 0 Å². The summed E-state index contributed by atoms with van der Waals surface area (Å²) in [5.41, 5.74) is 4.46. The minimum absolute atomic E-state index is 0.183. The van der Waals surface area contributed by atoms with Gasteiger partial charge in [-0.25, -0.2) is 0 Å². The van der Waals surface area contributed by atoms with Crippen LogP contribution in [0.15, 0.2) is 54.9 Å². The lowest BCUT2D eigenvalue weighted by Crippen LogP contribution is -2.38. The molecule has 1 fully saturated rings. The van der Waals surface area contributed by atoms with E-state index in [-0.39, 0.29) is 11.9 Å². The summed E-state index contributed by atoms with van der Waals surface area (Å²) < 4.78 is 0. The number of pyridine rings is 1.